The minimum atomic E-state index is -3.68. The number of aromatic nitrogens is 2. The Kier molecular flexibility index (Phi) is 7.26. The Labute approximate surface area is 159 Å². The Morgan fingerprint density at radius 2 is 1.93 bits per heavy atom. The van der Waals surface area contributed by atoms with E-state index in [0.717, 1.165) is 18.4 Å². The molecule has 0 bridgehead atoms. The summed E-state index contributed by atoms with van der Waals surface area (Å²) in [4.78, 5) is 22.5. The maximum absolute atomic E-state index is 12.4. The Morgan fingerprint density at radius 1 is 1.22 bits per heavy atom. The van der Waals surface area contributed by atoms with Gasteiger partial charge in [0.15, 0.2) is 0 Å². The molecule has 9 heteroatoms. The zero-order valence-corrected chi connectivity index (χ0v) is 16.4. The first-order chi connectivity index (χ1) is 12.8. The summed E-state index contributed by atoms with van der Waals surface area (Å²) in [6, 6.07) is 7.98. The molecule has 0 aliphatic carbocycles. The van der Waals surface area contributed by atoms with Crippen LogP contribution in [0.5, 0.6) is 0 Å². The highest BCUT2D eigenvalue weighted by Gasteiger charge is 2.13. The van der Waals surface area contributed by atoms with Gasteiger partial charge in [-0.2, -0.15) is 0 Å². The van der Waals surface area contributed by atoms with E-state index in [2.05, 4.69) is 22.2 Å². The summed E-state index contributed by atoms with van der Waals surface area (Å²) in [6.07, 6.45) is 4.16. The van der Waals surface area contributed by atoms with E-state index in [1.807, 2.05) is 0 Å². The van der Waals surface area contributed by atoms with Crippen molar-refractivity contribution in [1.82, 2.24) is 14.9 Å². The number of sulfonamides is 1. The zero-order valence-electron chi connectivity index (χ0n) is 15.6. The Hall–Kier alpha value is -2.52. The summed E-state index contributed by atoms with van der Waals surface area (Å²) in [7, 11) is -1.92. The van der Waals surface area contributed by atoms with Crippen molar-refractivity contribution in [3.05, 3.63) is 47.8 Å². The van der Waals surface area contributed by atoms with E-state index >= 15 is 0 Å². The summed E-state index contributed by atoms with van der Waals surface area (Å²) >= 11 is 0. The number of primary sulfonamides is 1. The maximum Gasteiger partial charge on any atom is 0.272 e. The van der Waals surface area contributed by atoms with Crippen LogP contribution in [0.2, 0.25) is 0 Å². The molecule has 0 aliphatic rings. The van der Waals surface area contributed by atoms with Gasteiger partial charge in [-0.15, -0.1) is 0 Å². The van der Waals surface area contributed by atoms with Gasteiger partial charge in [-0.05, 0) is 36.6 Å². The molecule has 0 saturated heterocycles. The number of unbranched alkanes of at least 4 members (excludes halogenated alkanes) is 1. The van der Waals surface area contributed by atoms with Crippen LogP contribution in [-0.4, -0.2) is 49.3 Å². The van der Waals surface area contributed by atoms with Crippen LogP contribution >= 0.6 is 0 Å². The smallest absolute Gasteiger partial charge is 0.272 e. The lowest BCUT2D eigenvalue weighted by molar-refractivity contribution is 0.0787. The molecule has 8 nitrogen and oxygen atoms in total. The molecule has 0 unspecified atom stereocenters. The van der Waals surface area contributed by atoms with Crippen molar-refractivity contribution < 1.29 is 13.2 Å². The van der Waals surface area contributed by atoms with Crippen LogP contribution in [0.1, 0.15) is 35.8 Å². The van der Waals surface area contributed by atoms with Gasteiger partial charge in [-0.3, -0.25) is 4.79 Å². The molecular weight excluding hydrogens is 366 g/mol. The molecule has 1 aromatic heterocycles. The molecule has 0 aliphatic heterocycles. The van der Waals surface area contributed by atoms with Crippen molar-refractivity contribution in [2.45, 2.75) is 31.1 Å². The summed E-state index contributed by atoms with van der Waals surface area (Å²) in [5.74, 6) is 0.249. The van der Waals surface area contributed by atoms with E-state index in [1.165, 1.54) is 12.1 Å². The van der Waals surface area contributed by atoms with E-state index in [-0.39, 0.29) is 10.8 Å². The third-order valence-corrected chi connectivity index (χ3v) is 4.95. The second kappa shape index (κ2) is 9.43. The number of nitrogens with two attached hydrogens (primary N) is 1. The summed E-state index contributed by atoms with van der Waals surface area (Å²) in [5.41, 5.74) is 1.30. The highest BCUT2D eigenvalue weighted by molar-refractivity contribution is 7.89. The predicted molar refractivity (Wildman–Crippen MR) is 104 cm³/mol. The molecule has 0 spiro atoms. The lowest BCUT2D eigenvalue weighted by Gasteiger charge is -2.16. The first-order valence-corrected chi connectivity index (χ1v) is 10.3. The SMILES string of the molecule is CCCCN(C)C(=O)c1ccnc(NCCc2ccc(S(N)(=O)=O)cc2)n1. The summed E-state index contributed by atoms with van der Waals surface area (Å²) < 4.78 is 22.5. The first-order valence-electron chi connectivity index (χ1n) is 8.75. The fraction of sp³-hybridized carbons (Fsp3) is 0.389. The third-order valence-electron chi connectivity index (χ3n) is 4.02. The fourth-order valence-corrected chi connectivity index (χ4v) is 2.94. The highest BCUT2D eigenvalue weighted by Crippen LogP contribution is 2.10. The van der Waals surface area contributed by atoms with Crippen LogP contribution in [0.15, 0.2) is 41.4 Å². The topological polar surface area (TPSA) is 118 Å². The van der Waals surface area contributed by atoms with E-state index < -0.39 is 10.0 Å². The molecule has 27 heavy (non-hydrogen) atoms. The second-order valence-corrected chi connectivity index (χ2v) is 7.77. The Balaban J connectivity index is 1.92. The molecule has 1 aromatic carbocycles. The molecule has 2 aromatic rings. The van der Waals surface area contributed by atoms with Gasteiger partial charge in [0.25, 0.3) is 5.91 Å². The van der Waals surface area contributed by atoms with Gasteiger partial charge in [-0.1, -0.05) is 25.5 Å². The number of carbonyl (C=O) groups is 1. The molecule has 3 N–H and O–H groups in total. The first kappa shape index (κ1) is 20.8. The van der Waals surface area contributed by atoms with Crippen molar-refractivity contribution in [3.8, 4) is 0 Å². The van der Waals surface area contributed by atoms with Gasteiger partial charge in [0.1, 0.15) is 5.69 Å². The predicted octanol–water partition coefficient (Wildman–Crippen LogP) is 1.65. The average molecular weight is 391 g/mol. The van der Waals surface area contributed by atoms with Crippen LogP contribution in [0.25, 0.3) is 0 Å². The van der Waals surface area contributed by atoms with Crippen molar-refractivity contribution in [1.29, 1.82) is 0 Å². The Morgan fingerprint density at radius 3 is 2.56 bits per heavy atom. The Bertz CT molecular complexity index is 869. The molecule has 0 radical (unpaired) electrons. The number of hydrogen-bond donors (Lipinski definition) is 2. The zero-order chi connectivity index (χ0) is 19.9. The number of amides is 1. The standard InChI is InChI=1S/C18H25N5O3S/c1-3-4-13-23(2)17(24)16-10-12-21-18(22-16)20-11-9-14-5-7-15(8-6-14)27(19,25)26/h5-8,10,12H,3-4,9,11,13H2,1-2H3,(H2,19,25,26)(H,20,21,22). The number of rotatable bonds is 9. The van der Waals surface area contributed by atoms with Gasteiger partial charge < -0.3 is 10.2 Å². The van der Waals surface area contributed by atoms with Gasteiger partial charge in [0.2, 0.25) is 16.0 Å². The molecule has 2 rings (SSSR count). The molecular formula is C18H25N5O3S. The number of anilines is 1. The van der Waals surface area contributed by atoms with Crippen molar-refractivity contribution in [3.63, 3.8) is 0 Å². The highest BCUT2D eigenvalue weighted by atomic mass is 32.2. The lowest BCUT2D eigenvalue weighted by atomic mass is 10.1. The molecule has 0 fully saturated rings. The van der Waals surface area contributed by atoms with Crippen molar-refractivity contribution in [2.24, 2.45) is 5.14 Å². The van der Waals surface area contributed by atoms with Crippen LogP contribution in [-0.2, 0) is 16.4 Å². The number of hydrogen-bond acceptors (Lipinski definition) is 6. The summed E-state index contributed by atoms with van der Waals surface area (Å²) in [5, 5.41) is 8.16. The van der Waals surface area contributed by atoms with E-state index in [9.17, 15) is 13.2 Å². The fourth-order valence-electron chi connectivity index (χ4n) is 2.42. The van der Waals surface area contributed by atoms with Crippen LogP contribution in [0.4, 0.5) is 5.95 Å². The molecule has 1 heterocycles. The number of carbonyl (C=O) groups excluding carboxylic acids is 1. The minimum Gasteiger partial charge on any atom is -0.354 e. The second-order valence-electron chi connectivity index (χ2n) is 6.21. The maximum atomic E-state index is 12.4. The average Bonchev–Trinajstić information content (AvgIpc) is 2.65. The monoisotopic (exact) mass is 391 g/mol. The largest absolute Gasteiger partial charge is 0.354 e. The van der Waals surface area contributed by atoms with Crippen LogP contribution in [0.3, 0.4) is 0 Å². The molecule has 0 atom stereocenters. The van der Waals surface area contributed by atoms with E-state index in [1.54, 1.807) is 36.3 Å². The van der Waals surface area contributed by atoms with Gasteiger partial charge in [0, 0.05) is 26.3 Å². The van der Waals surface area contributed by atoms with E-state index in [4.69, 9.17) is 5.14 Å². The van der Waals surface area contributed by atoms with Crippen molar-refractivity contribution in [2.75, 3.05) is 25.5 Å². The normalized spacial score (nSPS) is 11.2. The number of nitrogens with zero attached hydrogens (tertiary/aromatic N) is 3. The van der Waals surface area contributed by atoms with E-state index in [0.29, 0.717) is 31.2 Å². The molecule has 146 valence electrons. The lowest BCUT2D eigenvalue weighted by Crippen LogP contribution is -2.28. The molecule has 1 amide bonds. The van der Waals surface area contributed by atoms with Gasteiger partial charge in [-0.25, -0.2) is 23.5 Å². The number of nitrogens with one attached hydrogen (secondary N) is 1. The number of benzene rings is 1. The third kappa shape index (κ3) is 6.30. The van der Waals surface area contributed by atoms with Crippen molar-refractivity contribution >= 4 is 21.9 Å². The van der Waals surface area contributed by atoms with Crippen LogP contribution in [0, 0.1) is 0 Å². The van der Waals surface area contributed by atoms with Gasteiger partial charge >= 0.3 is 0 Å². The summed E-state index contributed by atoms with van der Waals surface area (Å²) in [6.45, 7) is 3.31. The minimum absolute atomic E-state index is 0.0842. The van der Waals surface area contributed by atoms with Crippen LogP contribution < -0.4 is 10.5 Å². The molecule has 0 saturated carbocycles. The van der Waals surface area contributed by atoms with Gasteiger partial charge in [0.05, 0.1) is 4.90 Å². The quantitative estimate of drug-likeness (QED) is 0.671.